The molecule has 1 saturated carbocycles. The molecule has 4 rings (SSSR count). The Morgan fingerprint density at radius 3 is 2.52 bits per heavy atom. The highest BCUT2D eigenvalue weighted by atomic mass is 19.1. The van der Waals surface area contributed by atoms with Crippen LogP contribution in [0.3, 0.4) is 0 Å². The lowest BCUT2D eigenvalue weighted by Crippen LogP contribution is -2.49. The first-order valence-corrected chi connectivity index (χ1v) is 8.89. The molecule has 0 radical (unpaired) electrons. The summed E-state index contributed by atoms with van der Waals surface area (Å²) in [4.78, 5) is 15.9. The van der Waals surface area contributed by atoms with Crippen molar-refractivity contribution in [2.24, 2.45) is 0 Å². The molecule has 138 valence electrons. The smallest absolute Gasteiger partial charge is 0.410 e. The molecule has 0 N–H and O–H groups in total. The van der Waals surface area contributed by atoms with Crippen LogP contribution in [0.2, 0.25) is 0 Å². The molecule has 27 heavy (non-hydrogen) atoms. The molecule has 1 aromatic carbocycles. The molecule has 1 amide bonds. The summed E-state index contributed by atoms with van der Waals surface area (Å²) in [6.07, 6.45) is 1.55. The molecule has 2 heterocycles. The van der Waals surface area contributed by atoms with Crippen LogP contribution < -0.4 is 9.64 Å². The van der Waals surface area contributed by atoms with Gasteiger partial charge in [0, 0.05) is 32.2 Å². The van der Waals surface area contributed by atoms with Crippen molar-refractivity contribution in [3.05, 3.63) is 47.4 Å². The summed E-state index contributed by atoms with van der Waals surface area (Å²) in [5.74, 6) is 0.891. The molecule has 0 spiro atoms. The molecule has 1 aliphatic carbocycles. The van der Waals surface area contributed by atoms with E-state index in [9.17, 15) is 9.18 Å². The number of piperazine rings is 1. The van der Waals surface area contributed by atoms with Gasteiger partial charge < -0.3 is 14.5 Å². The quantitative estimate of drug-likeness (QED) is 0.830. The average Bonchev–Trinajstić information content (AvgIpc) is 3.53. The SMILES string of the molecule is N#Cc1ccc(N2CCN(C(=O)Oc3ccc(C4CC4)c(F)c3)CC2)nn1. The van der Waals surface area contributed by atoms with Gasteiger partial charge in [0.2, 0.25) is 0 Å². The lowest BCUT2D eigenvalue weighted by molar-refractivity contribution is 0.149. The van der Waals surface area contributed by atoms with E-state index in [0.29, 0.717) is 43.5 Å². The molecular formula is C19H18FN5O2. The number of anilines is 1. The number of hydrogen-bond acceptors (Lipinski definition) is 6. The van der Waals surface area contributed by atoms with Crippen molar-refractivity contribution in [1.29, 1.82) is 5.26 Å². The number of ether oxygens (including phenoxy) is 1. The summed E-state index contributed by atoms with van der Waals surface area (Å²) in [7, 11) is 0. The van der Waals surface area contributed by atoms with Crippen molar-refractivity contribution < 1.29 is 13.9 Å². The molecule has 1 saturated heterocycles. The Hall–Kier alpha value is -3.21. The van der Waals surface area contributed by atoms with Gasteiger partial charge in [-0.2, -0.15) is 5.26 Å². The van der Waals surface area contributed by atoms with Gasteiger partial charge in [0.15, 0.2) is 11.5 Å². The zero-order valence-corrected chi connectivity index (χ0v) is 14.6. The van der Waals surface area contributed by atoms with Crippen molar-refractivity contribution in [2.45, 2.75) is 18.8 Å². The number of aromatic nitrogens is 2. The van der Waals surface area contributed by atoms with Crippen LogP contribution in [0.5, 0.6) is 5.75 Å². The maximum absolute atomic E-state index is 14.1. The van der Waals surface area contributed by atoms with Crippen LogP contribution >= 0.6 is 0 Å². The largest absolute Gasteiger partial charge is 0.415 e. The standard InChI is InChI=1S/C19H18FN5O2/c20-17-11-15(4-5-16(17)13-1-2-13)27-19(26)25-9-7-24(8-10-25)18-6-3-14(12-21)22-23-18/h3-6,11,13H,1-2,7-10H2. The Labute approximate surface area is 156 Å². The number of amides is 1. The number of benzene rings is 1. The summed E-state index contributed by atoms with van der Waals surface area (Å²) in [5, 5.41) is 16.6. The minimum atomic E-state index is -0.487. The second kappa shape index (κ2) is 7.19. The third-order valence-electron chi connectivity index (χ3n) is 4.82. The summed E-state index contributed by atoms with van der Waals surface area (Å²) in [5.41, 5.74) is 0.966. The van der Waals surface area contributed by atoms with E-state index in [1.165, 1.54) is 6.07 Å². The van der Waals surface area contributed by atoms with E-state index < -0.39 is 6.09 Å². The Bertz CT molecular complexity index is 884. The van der Waals surface area contributed by atoms with Crippen LogP contribution in [0.15, 0.2) is 30.3 Å². The molecule has 2 aliphatic rings. The zero-order chi connectivity index (χ0) is 18.8. The van der Waals surface area contributed by atoms with E-state index in [4.69, 9.17) is 10.00 Å². The van der Waals surface area contributed by atoms with Crippen molar-refractivity contribution >= 4 is 11.9 Å². The predicted molar refractivity (Wildman–Crippen MR) is 94.9 cm³/mol. The molecular weight excluding hydrogens is 349 g/mol. The molecule has 7 nitrogen and oxygen atoms in total. The van der Waals surface area contributed by atoms with Crippen LogP contribution in [-0.4, -0.2) is 47.4 Å². The van der Waals surface area contributed by atoms with Crippen LogP contribution in [-0.2, 0) is 0 Å². The predicted octanol–water partition coefficient (Wildman–Crippen LogP) is 2.69. The topological polar surface area (TPSA) is 82.4 Å². The number of nitriles is 1. The van der Waals surface area contributed by atoms with Gasteiger partial charge in [-0.25, -0.2) is 9.18 Å². The molecule has 2 fully saturated rings. The highest BCUT2D eigenvalue weighted by molar-refractivity contribution is 5.71. The Morgan fingerprint density at radius 1 is 1.15 bits per heavy atom. The van der Waals surface area contributed by atoms with E-state index in [1.807, 2.05) is 11.0 Å². The fourth-order valence-corrected chi connectivity index (χ4v) is 3.13. The summed E-state index contributed by atoms with van der Waals surface area (Å²) >= 11 is 0. The summed E-state index contributed by atoms with van der Waals surface area (Å²) in [6, 6.07) is 9.93. The maximum Gasteiger partial charge on any atom is 0.415 e. The van der Waals surface area contributed by atoms with Crippen molar-refractivity contribution in [3.63, 3.8) is 0 Å². The minimum absolute atomic E-state index is 0.224. The van der Waals surface area contributed by atoms with Gasteiger partial charge >= 0.3 is 6.09 Å². The first kappa shape index (κ1) is 17.2. The van der Waals surface area contributed by atoms with Crippen molar-refractivity contribution in [2.75, 3.05) is 31.1 Å². The molecule has 8 heteroatoms. The molecule has 2 aromatic rings. The van der Waals surface area contributed by atoms with E-state index in [0.717, 1.165) is 12.8 Å². The molecule has 1 aromatic heterocycles. The van der Waals surface area contributed by atoms with Crippen molar-refractivity contribution in [1.82, 2.24) is 15.1 Å². The van der Waals surface area contributed by atoms with Gasteiger partial charge in [-0.05, 0) is 42.5 Å². The van der Waals surface area contributed by atoms with E-state index in [1.54, 1.807) is 29.2 Å². The number of halogens is 1. The molecule has 0 atom stereocenters. The van der Waals surface area contributed by atoms with Crippen LogP contribution in [0.1, 0.15) is 30.0 Å². The third-order valence-corrected chi connectivity index (χ3v) is 4.82. The van der Waals surface area contributed by atoms with Crippen molar-refractivity contribution in [3.8, 4) is 11.8 Å². The lowest BCUT2D eigenvalue weighted by Gasteiger charge is -2.34. The highest BCUT2D eigenvalue weighted by Gasteiger charge is 2.27. The minimum Gasteiger partial charge on any atom is -0.410 e. The second-order valence-electron chi connectivity index (χ2n) is 6.69. The van der Waals surface area contributed by atoms with Gasteiger partial charge in [-0.1, -0.05) is 6.07 Å². The van der Waals surface area contributed by atoms with E-state index in [-0.39, 0.29) is 17.3 Å². The monoisotopic (exact) mass is 367 g/mol. The number of carbonyl (C=O) groups excluding carboxylic acids is 1. The first-order valence-electron chi connectivity index (χ1n) is 8.89. The van der Waals surface area contributed by atoms with E-state index in [2.05, 4.69) is 10.2 Å². The fraction of sp³-hybridized carbons (Fsp3) is 0.368. The highest BCUT2D eigenvalue weighted by Crippen LogP contribution is 2.41. The van der Waals surface area contributed by atoms with Crippen LogP contribution in [0.4, 0.5) is 15.0 Å². The molecule has 0 unspecified atom stereocenters. The van der Waals surface area contributed by atoms with Crippen LogP contribution in [0.25, 0.3) is 0 Å². The number of carbonyl (C=O) groups is 1. The van der Waals surface area contributed by atoms with Gasteiger partial charge in [0.25, 0.3) is 0 Å². The number of nitrogens with zero attached hydrogens (tertiary/aromatic N) is 5. The van der Waals surface area contributed by atoms with E-state index >= 15 is 0 Å². The Morgan fingerprint density at radius 2 is 1.93 bits per heavy atom. The number of hydrogen-bond donors (Lipinski definition) is 0. The maximum atomic E-state index is 14.1. The summed E-state index contributed by atoms with van der Waals surface area (Å²) in [6.45, 7) is 2.07. The van der Waals surface area contributed by atoms with Gasteiger partial charge in [0.05, 0.1) is 0 Å². The Kier molecular flexibility index (Phi) is 4.59. The summed E-state index contributed by atoms with van der Waals surface area (Å²) < 4.78 is 19.4. The third kappa shape index (κ3) is 3.82. The normalized spacial score (nSPS) is 16.7. The average molecular weight is 367 g/mol. The van der Waals surface area contributed by atoms with Gasteiger partial charge in [-0.15, -0.1) is 10.2 Å². The van der Waals surface area contributed by atoms with Gasteiger partial charge in [0.1, 0.15) is 17.6 Å². The van der Waals surface area contributed by atoms with Crippen LogP contribution in [0, 0.1) is 17.1 Å². The zero-order valence-electron chi connectivity index (χ0n) is 14.6. The first-order chi connectivity index (χ1) is 13.1. The second-order valence-corrected chi connectivity index (χ2v) is 6.69. The molecule has 1 aliphatic heterocycles. The Balaban J connectivity index is 1.33. The molecule has 0 bridgehead atoms. The van der Waals surface area contributed by atoms with Gasteiger partial charge in [-0.3, -0.25) is 0 Å². The lowest BCUT2D eigenvalue weighted by atomic mass is 10.1. The fourth-order valence-electron chi connectivity index (χ4n) is 3.13. The number of rotatable bonds is 3.